The summed E-state index contributed by atoms with van der Waals surface area (Å²) in [5, 5.41) is 4.96. The van der Waals surface area contributed by atoms with E-state index in [-0.39, 0.29) is 5.41 Å². The molecule has 1 heterocycles. The molecule has 2 heteroatoms. The minimum Gasteiger partial charge on any atom is -0.310 e. The normalized spacial score (nSPS) is 12.9. The van der Waals surface area contributed by atoms with E-state index in [1.54, 1.807) is 0 Å². The summed E-state index contributed by atoms with van der Waals surface area (Å²) >= 11 is 0. The highest BCUT2D eigenvalue weighted by Gasteiger charge is 2.36. The number of hydrogen-bond acceptors (Lipinski definition) is 1. The van der Waals surface area contributed by atoms with Crippen molar-refractivity contribution >= 4 is 49.6 Å². The molecular weight excluding hydrogens is 689 g/mol. The Morgan fingerprint density at radius 2 is 1.05 bits per heavy atom. The Labute approximate surface area is 333 Å². The molecule has 0 saturated carbocycles. The quantitative estimate of drug-likeness (QED) is 0.165. The van der Waals surface area contributed by atoms with Gasteiger partial charge in [-0.05, 0) is 110 Å². The first-order chi connectivity index (χ1) is 28.1. The van der Waals surface area contributed by atoms with Crippen molar-refractivity contribution in [1.29, 1.82) is 0 Å². The van der Waals surface area contributed by atoms with E-state index in [9.17, 15) is 0 Å². The lowest BCUT2D eigenvalue weighted by Crippen LogP contribution is -2.16. The molecule has 0 atom stereocenters. The molecule has 0 bridgehead atoms. The first-order valence-corrected chi connectivity index (χ1v) is 19.9. The van der Waals surface area contributed by atoms with Crippen LogP contribution in [0.3, 0.4) is 0 Å². The number of benzene rings is 9. The van der Waals surface area contributed by atoms with Crippen LogP contribution in [0, 0.1) is 0 Å². The van der Waals surface area contributed by atoms with Crippen molar-refractivity contribution in [2.75, 3.05) is 4.90 Å². The van der Waals surface area contributed by atoms with Crippen molar-refractivity contribution < 1.29 is 0 Å². The third-order valence-electron chi connectivity index (χ3n) is 12.2. The highest BCUT2D eigenvalue weighted by atomic mass is 15.1. The molecule has 0 N–H and O–H groups in total. The van der Waals surface area contributed by atoms with Crippen molar-refractivity contribution in [3.8, 4) is 39.1 Å². The summed E-state index contributed by atoms with van der Waals surface area (Å²) in [6.07, 6.45) is 0. The molecule has 0 fully saturated rings. The van der Waals surface area contributed by atoms with E-state index < -0.39 is 0 Å². The summed E-state index contributed by atoms with van der Waals surface area (Å²) in [6, 6.07) is 75.6. The highest BCUT2D eigenvalue weighted by molar-refractivity contribution is 6.16. The monoisotopic (exact) mass is 728 g/mol. The fourth-order valence-electron chi connectivity index (χ4n) is 9.52. The molecule has 0 spiro atoms. The van der Waals surface area contributed by atoms with Crippen LogP contribution in [0.4, 0.5) is 17.1 Å². The third-order valence-corrected chi connectivity index (χ3v) is 12.2. The van der Waals surface area contributed by atoms with Crippen LogP contribution in [0.15, 0.2) is 206 Å². The van der Waals surface area contributed by atoms with Crippen molar-refractivity contribution in [3.05, 3.63) is 217 Å². The van der Waals surface area contributed by atoms with Gasteiger partial charge in [0.1, 0.15) is 0 Å². The van der Waals surface area contributed by atoms with Crippen LogP contribution < -0.4 is 4.90 Å². The molecule has 9 aromatic carbocycles. The van der Waals surface area contributed by atoms with Gasteiger partial charge in [0.05, 0.1) is 16.7 Å². The molecule has 0 aliphatic heterocycles. The Balaban J connectivity index is 1.14. The Morgan fingerprint density at radius 1 is 0.421 bits per heavy atom. The lowest BCUT2D eigenvalue weighted by atomic mass is 9.82. The smallest absolute Gasteiger partial charge is 0.0562 e. The molecule has 11 rings (SSSR count). The topological polar surface area (TPSA) is 8.17 Å². The van der Waals surface area contributed by atoms with Gasteiger partial charge in [0, 0.05) is 33.2 Å². The van der Waals surface area contributed by atoms with Gasteiger partial charge in [0.2, 0.25) is 0 Å². The van der Waals surface area contributed by atoms with Crippen LogP contribution in [-0.4, -0.2) is 4.57 Å². The van der Waals surface area contributed by atoms with Crippen LogP contribution in [0.5, 0.6) is 0 Å². The van der Waals surface area contributed by atoms with Gasteiger partial charge in [0.15, 0.2) is 0 Å². The number of fused-ring (bicyclic) bond motifs is 7. The second-order valence-corrected chi connectivity index (χ2v) is 15.7. The van der Waals surface area contributed by atoms with E-state index in [1.165, 1.54) is 77.1 Å². The van der Waals surface area contributed by atoms with Crippen LogP contribution in [-0.2, 0) is 5.41 Å². The maximum atomic E-state index is 2.48. The molecule has 1 aliphatic rings. The van der Waals surface area contributed by atoms with Gasteiger partial charge in [-0.2, -0.15) is 0 Å². The minimum atomic E-state index is -0.128. The van der Waals surface area contributed by atoms with E-state index in [0.29, 0.717) is 0 Å². The van der Waals surface area contributed by atoms with Crippen molar-refractivity contribution in [2.24, 2.45) is 0 Å². The van der Waals surface area contributed by atoms with Gasteiger partial charge in [0.25, 0.3) is 0 Å². The highest BCUT2D eigenvalue weighted by Crippen LogP contribution is 2.52. The first-order valence-electron chi connectivity index (χ1n) is 19.9. The van der Waals surface area contributed by atoms with Crippen molar-refractivity contribution in [3.63, 3.8) is 0 Å². The van der Waals surface area contributed by atoms with Crippen LogP contribution in [0.25, 0.3) is 71.6 Å². The maximum absolute atomic E-state index is 2.48. The zero-order valence-corrected chi connectivity index (χ0v) is 32.0. The largest absolute Gasteiger partial charge is 0.310 e. The zero-order chi connectivity index (χ0) is 38.1. The Bertz CT molecular complexity index is 3130. The standard InChI is InChI=1S/C55H40N2/c1-55(2)48-24-13-11-22-45(48)46-35-33-42(36-49(46)55)56(51-26-15-27-52-54(51)47-23-12-14-25-50(47)57(52)40-19-7-4-8-20-40)41-31-28-38(29-32-41)44-34-30-37-16-9-10-21-43(37)53(44)39-17-5-3-6-18-39/h3-36H,1-2H3. The minimum absolute atomic E-state index is 0.128. The molecule has 57 heavy (non-hydrogen) atoms. The molecule has 0 radical (unpaired) electrons. The van der Waals surface area contributed by atoms with E-state index in [1.807, 2.05) is 0 Å². The predicted octanol–water partition coefficient (Wildman–Crippen LogP) is 15.0. The van der Waals surface area contributed by atoms with Crippen LogP contribution in [0.1, 0.15) is 25.0 Å². The fourth-order valence-corrected chi connectivity index (χ4v) is 9.52. The molecular formula is C55H40N2. The van der Waals surface area contributed by atoms with Crippen LogP contribution in [0.2, 0.25) is 0 Å². The van der Waals surface area contributed by atoms with Crippen molar-refractivity contribution in [2.45, 2.75) is 19.3 Å². The summed E-state index contributed by atoms with van der Waals surface area (Å²) in [6.45, 7) is 4.73. The molecule has 270 valence electrons. The number of nitrogens with zero attached hydrogens (tertiary/aromatic N) is 2. The molecule has 10 aromatic rings. The van der Waals surface area contributed by atoms with Crippen LogP contribution >= 0.6 is 0 Å². The SMILES string of the molecule is CC1(C)c2ccccc2-c2ccc(N(c3ccc(-c4ccc5ccccc5c4-c4ccccc4)cc3)c3cccc4c3c3ccccc3n4-c3ccccc3)cc21. The lowest BCUT2D eigenvalue weighted by molar-refractivity contribution is 0.660. The Kier molecular flexibility index (Phi) is 7.55. The number of rotatable bonds is 6. The molecule has 0 amide bonds. The molecule has 1 aliphatic carbocycles. The number of para-hydroxylation sites is 2. The summed E-state index contributed by atoms with van der Waals surface area (Å²) in [4.78, 5) is 2.48. The van der Waals surface area contributed by atoms with Gasteiger partial charge in [-0.3, -0.25) is 0 Å². The molecule has 0 saturated heterocycles. The summed E-state index contributed by atoms with van der Waals surface area (Å²) < 4.78 is 2.41. The predicted molar refractivity (Wildman–Crippen MR) is 241 cm³/mol. The van der Waals surface area contributed by atoms with Gasteiger partial charge in [-0.1, -0.05) is 166 Å². The molecule has 2 nitrogen and oxygen atoms in total. The van der Waals surface area contributed by atoms with Crippen molar-refractivity contribution in [1.82, 2.24) is 4.57 Å². The summed E-state index contributed by atoms with van der Waals surface area (Å²) in [5.41, 5.74) is 17.1. The van der Waals surface area contributed by atoms with E-state index in [2.05, 4.69) is 230 Å². The molecule has 1 aromatic heterocycles. The summed E-state index contributed by atoms with van der Waals surface area (Å²) in [7, 11) is 0. The van der Waals surface area contributed by atoms with E-state index in [4.69, 9.17) is 0 Å². The Morgan fingerprint density at radius 3 is 1.88 bits per heavy atom. The third kappa shape index (κ3) is 5.18. The number of anilines is 3. The fraction of sp³-hybridized carbons (Fsp3) is 0.0545. The van der Waals surface area contributed by atoms with Gasteiger partial charge in [-0.15, -0.1) is 0 Å². The second-order valence-electron chi connectivity index (χ2n) is 15.7. The second kappa shape index (κ2) is 13.0. The average molecular weight is 729 g/mol. The summed E-state index contributed by atoms with van der Waals surface area (Å²) in [5.74, 6) is 0. The van der Waals surface area contributed by atoms with Gasteiger partial charge in [-0.25, -0.2) is 0 Å². The van der Waals surface area contributed by atoms with E-state index in [0.717, 1.165) is 22.7 Å². The van der Waals surface area contributed by atoms with E-state index >= 15 is 0 Å². The van der Waals surface area contributed by atoms with Gasteiger partial charge < -0.3 is 9.47 Å². The Hall–Kier alpha value is -7.16. The first kappa shape index (κ1) is 33.2. The number of aromatic nitrogens is 1. The average Bonchev–Trinajstić information content (AvgIpc) is 3.73. The maximum Gasteiger partial charge on any atom is 0.0562 e. The zero-order valence-electron chi connectivity index (χ0n) is 32.0. The lowest BCUT2D eigenvalue weighted by Gasteiger charge is -2.29. The number of hydrogen-bond donors (Lipinski definition) is 0. The van der Waals surface area contributed by atoms with Gasteiger partial charge >= 0.3 is 0 Å². The molecule has 0 unspecified atom stereocenters.